The molecule has 0 bridgehead atoms. The zero-order chi connectivity index (χ0) is 22.3. The van der Waals surface area contributed by atoms with E-state index in [0.717, 1.165) is 38.0 Å². The summed E-state index contributed by atoms with van der Waals surface area (Å²) in [5.74, 6) is 0.367. The lowest BCUT2D eigenvalue weighted by Crippen LogP contribution is -2.35. The van der Waals surface area contributed by atoms with Crippen molar-refractivity contribution in [1.82, 2.24) is 4.90 Å². The van der Waals surface area contributed by atoms with Crippen LogP contribution in [0.4, 0.5) is 11.4 Å². The van der Waals surface area contributed by atoms with Crippen molar-refractivity contribution in [3.05, 3.63) is 23.8 Å². The Kier molecular flexibility index (Phi) is 8.75. The maximum Gasteiger partial charge on any atom is 0.256 e. The van der Waals surface area contributed by atoms with E-state index in [2.05, 4.69) is 37.9 Å². The minimum atomic E-state index is 0.0127. The molecule has 168 valence electrons. The molecule has 1 N–H and O–H groups in total. The highest BCUT2D eigenvalue weighted by Crippen LogP contribution is 2.29. The molecule has 1 aromatic rings. The Morgan fingerprint density at radius 1 is 1.10 bits per heavy atom. The molecule has 5 nitrogen and oxygen atoms in total. The topological polar surface area (TPSA) is 52.7 Å². The molecule has 2 amide bonds. The number of rotatable bonds is 8. The molecular weight excluding hydrogens is 374 g/mol. The van der Waals surface area contributed by atoms with Gasteiger partial charge in [-0.1, -0.05) is 27.7 Å². The second-order valence-electron chi connectivity index (χ2n) is 9.88. The van der Waals surface area contributed by atoms with Crippen LogP contribution in [0.3, 0.4) is 0 Å². The van der Waals surface area contributed by atoms with Crippen molar-refractivity contribution in [2.45, 2.75) is 73.6 Å². The fourth-order valence-electron chi connectivity index (χ4n) is 4.52. The smallest absolute Gasteiger partial charge is 0.256 e. The van der Waals surface area contributed by atoms with E-state index in [-0.39, 0.29) is 17.2 Å². The highest BCUT2D eigenvalue weighted by atomic mass is 16.2. The van der Waals surface area contributed by atoms with Crippen molar-refractivity contribution in [2.75, 3.05) is 36.4 Å². The molecule has 1 atom stereocenters. The van der Waals surface area contributed by atoms with E-state index in [4.69, 9.17) is 0 Å². The highest BCUT2D eigenvalue weighted by Gasteiger charge is 2.23. The Labute approximate surface area is 183 Å². The van der Waals surface area contributed by atoms with E-state index in [1.165, 1.54) is 6.42 Å². The van der Waals surface area contributed by atoms with Crippen LogP contribution < -0.4 is 10.2 Å². The third-order valence-electron chi connectivity index (χ3n) is 5.75. The molecule has 1 saturated heterocycles. The van der Waals surface area contributed by atoms with Crippen LogP contribution in [0.25, 0.3) is 0 Å². The Morgan fingerprint density at radius 3 is 2.30 bits per heavy atom. The van der Waals surface area contributed by atoms with Crippen molar-refractivity contribution in [2.24, 2.45) is 11.3 Å². The van der Waals surface area contributed by atoms with Gasteiger partial charge in [0.25, 0.3) is 5.91 Å². The first kappa shape index (κ1) is 24.2. The van der Waals surface area contributed by atoms with Gasteiger partial charge in [-0.05, 0) is 69.1 Å². The molecule has 0 saturated carbocycles. The van der Waals surface area contributed by atoms with Crippen LogP contribution in [0.5, 0.6) is 0 Å². The lowest BCUT2D eigenvalue weighted by atomic mass is 9.84. The normalized spacial score (nSPS) is 15.6. The maximum absolute atomic E-state index is 13.2. The van der Waals surface area contributed by atoms with E-state index in [1.807, 2.05) is 36.9 Å². The third kappa shape index (κ3) is 7.03. The number of hydrogen-bond acceptors (Lipinski definition) is 3. The summed E-state index contributed by atoms with van der Waals surface area (Å²) in [6.45, 7) is 16.0. The second kappa shape index (κ2) is 10.8. The van der Waals surface area contributed by atoms with Gasteiger partial charge >= 0.3 is 0 Å². The number of nitrogens with zero attached hydrogens (tertiary/aromatic N) is 2. The lowest BCUT2D eigenvalue weighted by molar-refractivity contribution is -0.117. The lowest BCUT2D eigenvalue weighted by Gasteiger charge is -2.31. The van der Waals surface area contributed by atoms with Crippen LogP contribution in [0.2, 0.25) is 0 Å². The number of amides is 2. The van der Waals surface area contributed by atoms with E-state index < -0.39 is 0 Å². The number of anilines is 2. The van der Waals surface area contributed by atoms with Gasteiger partial charge < -0.3 is 15.1 Å². The van der Waals surface area contributed by atoms with Crippen LogP contribution >= 0.6 is 0 Å². The number of carbonyl (C=O) groups excluding carboxylic acids is 2. The van der Waals surface area contributed by atoms with Crippen molar-refractivity contribution in [3.63, 3.8) is 0 Å². The van der Waals surface area contributed by atoms with Crippen molar-refractivity contribution < 1.29 is 9.59 Å². The van der Waals surface area contributed by atoms with Crippen molar-refractivity contribution >= 4 is 23.2 Å². The quantitative estimate of drug-likeness (QED) is 0.605. The van der Waals surface area contributed by atoms with Crippen LogP contribution in [-0.2, 0) is 4.79 Å². The van der Waals surface area contributed by atoms with Crippen molar-refractivity contribution in [3.8, 4) is 0 Å². The largest absolute Gasteiger partial charge is 0.371 e. The Morgan fingerprint density at radius 2 is 1.73 bits per heavy atom. The molecule has 0 aromatic heterocycles. The summed E-state index contributed by atoms with van der Waals surface area (Å²) < 4.78 is 0. The molecule has 30 heavy (non-hydrogen) atoms. The van der Waals surface area contributed by atoms with Crippen LogP contribution in [0.15, 0.2) is 18.2 Å². The van der Waals surface area contributed by atoms with Gasteiger partial charge in [0.05, 0.1) is 5.56 Å². The molecule has 1 aromatic carbocycles. The molecule has 0 spiro atoms. The van der Waals surface area contributed by atoms with E-state index >= 15 is 0 Å². The molecular formula is C25H41N3O2. The first-order valence-corrected chi connectivity index (χ1v) is 11.6. The zero-order valence-corrected chi connectivity index (χ0v) is 19.9. The van der Waals surface area contributed by atoms with Gasteiger partial charge in [0.15, 0.2) is 0 Å². The van der Waals surface area contributed by atoms with Gasteiger partial charge in [-0.2, -0.15) is 0 Å². The minimum Gasteiger partial charge on any atom is -0.371 e. The van der Waals surface area contributed by atoms with E-state index in [9.17, 15) is 9.59 Å². The predicted octanol–water partition coefficient (Wildman–Crippen LogP) is 5.56. The molecule has 1 aliphatic rings. The van der Waals surface area contributed by atoms with Crippen LogP contribution in [0, 0.1) is 11.3 Å². The van der Waals surface area contributed by atoms with Gasteiger partial charge in [0.1, 0.15) is 0 Å². The number of piperidine rings is 1. The zero-order valence-electron chi connectivity index (χ0n) is 19.9. The first-order chi connectivity index (χ1) is 14.1. The molecule has 1 heterocycles. The second-order valence-corrected chi connectivity index (χ2v) is 9.88. The molecule has 0 aliphatic carbocycles. The van der Waals surface area contributed by atoms with Crippen molar-refractivity contribution in [1.29, 1.82) is 0 Å². The van der Waals surface area contributed by atoms with Crippen LogP contribution in [0.1, 0.15) is 84.0 Å². The first-order valence-electron chi connectivity index (χ1n) is 11.6. The summed E-state index contributed by atoms with van der Waals surface area (Å²) in [6.07, 6.45) is 5.05. The Bertz CT molecular complexity index is 714. The highest BCUT2D eigenvalue weighted by molar-refractivity contribution is 6.02. The summed E-state index contributed by atoms with van der Waals surface area (Å²) in [5.41, 5.74) is 2.60. The minimum absolute atomic E-state index is 0.0127. The molecule has 1 unspecified atom stereocenters. The fraction of sp³-hybridized carbons (Fsp3) is 0.680. The number of hydrogen-bond donors (Lipinski definition) is 1. The van der Waals surface area contributed by atoms with Gasteiger partial charge in [0, 0.05) is 44.0 Å². The molecule has 2 rings (SSSR count). The summed E-state index contributed by atoms with van der Waals surface area (Å²) in [5, 5.41) is 3.03. The number of nitrogens with one attached hydrogen (secondary N) is 1. The van der Waals surface area contributed by atoms with Gasteiger partial charge in [-0.25, -0.2) is 0 Å². The predicted molar refractivity (Wildman–Crippen MR) is 126 cm³/mol. The number of carbonyl (C=O) groups is 2. The number of benzene rings is 1. The van der Waals surface area contributed by atoms with E-state index in [1.54, 1.807) is 0 Å². The molecule has 5 heteroatoms. The average Bonchev–Trinajstić information content (AvgIpc) is 2.67. The Hall–Kier alpha value is -2.04. The molecule has 0 radical (unpaired) electrons. The molecule has 1 aliphatic heterocycles. The van der Waals surface area contributed by atoms with Gasteiger partial charge in [0.2, 0.25) is 5.91 Å². The summed E-state index contributed by atoms with van der Waals surface area (Å²) in [4.78, 5) is 30.0. The third-order valence-corrected chi connectivity index (χ3v) is 5.75. The monoisotopic (exact) mass is 415 g/mol. The van der Waals surface area contributed by atoms with Gasteiger partial charge in [-0.3, -0.25) is 9.59 Å². The maximum atomic E-state index is 13.2. The fourth-order valence-corrected chi connectivity index (χ4v) is 4.52. The standard InChI is InChI=1S/C25H41N3O2/c1-7-27(8-2)24(30)21-17-20(12-13-22(21)28-14-10-9-11-15-28)26-23(29)16-19(3)18-25(4,5)6/h12-13,17,19H,7-11,14-16,18H2,1-6H3,(H,26,29). The van der Waals surface area contributed by atoms with E-state index in [0.29, 0.717) is 36.7 Å². The average molecular weight is 416 g/mol. The summed E-state index contributed by atoms with van der Waals surface area (Å²) in [7, 11) is 0. The van der Waals surface area contributed by atoms with Crippen LogP contribution in [-0.4, -0.2) is 42.9 Å². The Balaban J connectivity index is 2.21. The van der Waals surface area contributed by atoms with Gasteiger partial charge in [-0.15, -0.1) is 0 Å². The molecule has 1 fully saturated rings. The summed E-state index contributed by atoms with van der Waals surface area (Å²) in [6, 6.07) is 5.82. The summed E-state index contributed by atoms with van der Waals surface area (Å²) >= 11 is 0. The SMILES string of the molecule is CCN(CC)C(=O)c1cc(NC(=O)CC(C)CC(C)(C)C)ccc1N1CCCCC1.